The Balaban J connectivity index is 2.06. The van der Waals surface area contributed by atoms with Crippen LogP contribution in [0.3, 0.4) is 0 Å². The van der Waals surface area contributed by atoms with E-state index in [1.807, 2.05) is 6.07 Å². The normalized spacial score (nSPS) is 21.2. The topological polar surface area (TPSA) is 3.24 Å². The van der Waals surface area contributed by atoms with Gasteiger partial charge in [0.1, 0.15) is 0 Å². The number of likely N-dealkylation sites (tertiary alicyclic amines) is 1. The molecular weight excluding hydrogens is 333 g/mol. The zero-order chi connectivity index (χ0) is 13.0. The van der Waals surface area contributed by atoms with Crippen molar-refractivity contribution in [1.29, 1.82) is 0 Å². The van der Waals surface area contributed by atoms with Crippen molar-refractivity contribution in [2.75, 3.05) is 12.4 Å². The monoisotopic (exact) mass is 349 g/mol. The van der Waals surface area contributed by atoms with E-state index in [0.717, 1.165) is 34.9 Å². The minimum Gasteiger partial charge on any atom is -0.296 e. The van der Waals surface area contributed by atoms with Crippen LogP contribution in [0.2, 0.25) is 5.02 Å². The number of alkyl halides is 1. The standard InChI is InChI=1S/C14H18BrCl2N/c15-12-5-4-11(14(17)9-12)10-18-8-2-1-3-13(18)6-7-16/h4-5,9,13H,1-3,6-8,10H2. The van der Waals surface area contributed by atoms with Gasteiger partial charge in [0.25, 0.3) is 0 Å². The fourth-order valence-corrected chi connectivity index (χ4v) is 3.57. The van der Waals surface area contributed by atoms with Crippen molar-refractivity contribution >= 4 is 39.1 Å². The molecule has 0 N–H and O–H groups in total. The highest BCUT2D eigenvalue weighted by molar-refractivity contribution is 9.10. The van der Waals surface area contributed by atoms with Crippen LogP contribution in [0.4, 0.5) is 0 Å². The van der Waals surface area contributed by atoms with Crippen LogP contribution in [0.15, 0.2) is 22.7 Å². The summed E-state index contributed by atoms with van der Waals surface area (Å²) in [5.74, 6) is 0.745. The first kappa shape index (κ1) is 14.6. The van der Waals surface area contributed by atoms with Crippen molar-refractivity contribution in [1.82, 2.24) is 4.90 Å². The van der Waals surface area contributed by atoms with E-state index in [4.69, 9.17) is 23.2 Å². The zero-order valence-corrected chi connectivity index (χ0v) is 13.4. The molecule has 0 aromatic heterocycles. The number of piperidine rings is 1. The molecule has 0 radical (unpaired) electrons. The van der Waals surface area contributed by atoms with Crippen LogP contribution in [0, 0.1) is 0 Å². The molecule has 1 unspecified atom stereocenters. The molecule has 18 heavy (non-hydrogen) atoms. The second-order valence-corrected chi connectivity index (χ2v) is 6.53. The highest BCUT2D eigenvalue weighted by atomic mass is 79.9. The van der Waals surface area contributed by atoms with Crippen molar-refractivity contribution in [3.05, 3.63) is 33.3 Å². The van der Waals surface area contributed by atoms with E-state index in [0.29, 0.717) is 6.04 Å². The Labute approximate surface area is 128 Å². The Morgan fingerprint density at radius 2 is 2.17 bits per heavy atom. The molecule has 1 heterocycles. The van der Waals surface area contributed by atoms with Crippen LogP contribution in [-0.2, 0) is 6.54 Å². The first-order chi connectivity index (χ1) is 8.70. The quantitative estimate of drug-likeness (QED) is 0.684. The summed E-state index contributed by atoms with van der Waals surface area (Å²) in [4.78, 5) is 2.53. The molecule has 1 aromatic carbocycles. The number of nitrogens with zero attached hydrogens (tertiary/aromatic N) is 1. The van der Waals surface area contributed by atoms with Gasteiger partial charge in [0.2, 0.25) is 0 Å². The van der Waals surface area contributed by atoms with Gasteiger partial charge >= 0.3 is 0 Å². The van der Waals surface area contributed by atoms with E-state index in [9.17, 15) is 0 Å². The molecule has 1 fully saturated rings. The first-order valence-electron chi connectivity index (χ1n) is 6.44. The summed E-state index contributed by atoms with van der Waals surface area (Å²) in [5.41, 5.74) is 1.21. The third-order valence-corrected chi connectivity index (χ3v) is 4.64. The lowest BCUT2D eigenvalue weighted by Gasteiger charge is -2.35. The molecule has 0 spiro atoms. The summed E-state index contributed by atoms with van der Waals surface area (Å²) in [6.07, 6.45) is 4.95. The maximum Gasteiger partial charge on any atom is 0.0462 e. The van der Waals surface area contributed by atoms with Gasteiger partial charge in [-0.1, -0.05) is 40.0 Å². The molecule has 1 nitrogen and oxygen atoms in total. The highest BCUT2D eigenvalue weighted by Crippen LogP contribution is 2.27. The van der Waals surface area contributed by atoms with Crippen LogP contribution < -0.4 is 0 Å². The lowest BCUT2D eigenvalue weighted by molar-refractivity contribution is 0.137. The molecule has 0 aliphatic carbocycles. The van der Waals surface area contributed by atoms with Gasteiger partial charge in [0, 0.05) is 28.0 Å². The minimum absolute atomic E-state index is 0.621. The highest BCUT2D eigenvalue weighted by Gasteiger charge is 2.22. The Kier molecular flexibility index (Phi) is 5.81. The molecule has 0 saturated carbocycles. The van der Waals surface area contributed by atoms with Gasteiger partial charge in [-0.3, -0.25) is 4.90 Å². The van der Waals surface area contributed by atoms with Crippen LogP contribution >= 0.6 is 39.1 Å². The van der Waals surface area contributed by atoms with E-state index in [1.165, 1.54) is 24.8 Å². The van der Waals surface area contributed by atoms with Gasteiger partial charge in [-0.25, -0.2) is 0 Å². The third kappa shape index (κ3) is 3.86. The molecule has 100 valence electrons. The van der Waals surface area contributed by atoms with Gasteiger partial charge in [-0.2, -0.15) is 0 Å². The number of hydrogen-bond acceptors (Lipinski definition) is 1. The summed E-state index contributed by atoms with van der Waals surface area (Å²) in [6, 6.07) is 6.76. The second kappa shape index (κ2) is 7.14. The van der Waals surface area contributed by atoms with Crippen molar-refractivity contribution in [3.8, 4) is 0 Å². The zero-order valence-electron chi connectivity index (χ0n) is 10.3. The van der Waals surface area contributed by atoms with Crippen LogP contribution in [0.5, 0.6) is 0 Å². The minimum atomic E-state index is 0.621. The summed E-state index contributed by atoms with van der Waals surface area (Å²) in [7, 11) is 0. The summed E-state index contributed by atoms with van der Waals surface area (Å²) >= 11 is 15.6. The van der Waals surface area contributed by atoms with Gasteiger partial charge in [0.15, 0.2) is 0 Å². The summed E-state index contributed by atoms with van der Waals surface area (Å²) < 4.78 is 1.03. The van der Waals surface area contributed by atoms with Gasteiger partial charge in [-0.15, -0.1) is 11.6 Å². The molecule has 1 saturated heterocycles. The smallest absolute Gasteiger partial charge is 0.0462 e. The van der Waals surface area contributed by atoms with Crippen LogP contribution in [0.25, 0.3) is 0 Å². The second-order valence-electron chi connectivity index (χ2n) is 4.83. The maximum absolute atomic E-state index is 6.29. The molecule has 1 aliphatic heterocycles. The Bertz CT molecular complexity index is 395. The largest absolute Gasteiger partial charge is 0.296 e. The average Bonchev–Trinajstić information content (AvgIpc) is 2.35. The molecule has 2 rings (SSSR count). The fourth-order valence-electron chi connectivity index (χ4n) is 2.59. The number of benzene rings is 1. The average molecular weight is 351 g/mol. The Morgan fingerprint density at radius 1 is 1.33 bits per heavy atom. The van der Waals surface area contributed by atoms with E-state index in [1.54, 1.807) is 0 Å². The molecule has 1 aromatic rings. The van der Waals surface area contributed by atoms with Gasteiger partial charge in [-0.05, 0) is 43.5 Å². The molecule has 0 amide bonds. The SMILES string of the molecule is ClCCC1CCCCN1Cc1ccc(Br)cc1Cl. The van der Waals surface area contributed by atoms with Crippen molar-refractivity contribution in [2.45, 2.75) is 38.3 Å². The van der Waals surface area contributed by atoms with E-state index in [-0.39, 0.29) is 0 Å². The molecule has 1 aliphatic rings. The summed E-state index contributed by atoms with van der Waals surface area (Å²) in [5, 5.41) is 0.847. The first-order valence-corrected chi connectivity index (χ1v) is 8.15. The molecule has 1 atom stereocenters. The lowest BCUT2D eigenvalue weighted by atomic mass is 9.99. The number of halogens is 3. The molecule has 0 bridgehead atoms. The van der Waals surface area contributed by atoms with Crippen LogP contribution in [-0.4, -0.2) is 23.4 Å². The Morgan fingerprint density at radius 3 is 2.89 bits per heavy atom. The Hall–Kier alpha value is 0.240. The number of hydrogen-bond donors (Lipinski definition) is 0. The maximum atomic E-state index is 6.29. The predicted octanol–water partition coefficient (Wildman–Crippen LogP) is 5.09. The van der Waals surface area contributed by atoms with E-state index < -0.39 is 0 Å². The number of rotatable bonds is 4. The fraction of sp³-hybridized carbons (Fsp3) is 0.571. The summed E-state index contributed by atoms with van der Waals surface area (Å²) in [6.45, 7) is 2.10. The van der Waals surface area contributed by atoms with Crippen LogP contribution in [0.1, 0.15) is 31.2 Å². The van der Waals surface area contributed by atoms with Crippen molar-refractivity contribution in [3.63, 3.8) is 0 Å². The van der Waals surface area contributed by atoms with Crippen molar-refractivity contribution in [2.24, 2.45) is 0 Å². The van der Waals surface area contributed by atoms with E-state index in [2.05, 4.69) is 33.0 Å². The molecule has 4 heteroatoms. The van der Waals surface area contributed by atoms with E-state index >= 15 is 0 Å². The molecular formula is C14H18BrCl2N. The van der Waals surface area contributed by atoms with Gasteiger partial charge < -0.3 is 0 Å². The van der Waals surface area contributed by atoms with Gasteiger partial charge in [0.05, 0.1) is 0 Å². The van der Waals surface area contributed by atoms with Crippen molar-refractivity contribution < 1.29 is 0 Å². The lowest BCUT2D eigenvalue weighted by Crippen LogP contribution is -2.39. The third-order valence-electron chi connectivity index (χ3n) is 3.58. The predicted molar refractivity (Wildman–Crippen MR) is 82.5 cm³/mol.